The molecule has 0 saturated carbocycles. The van der Waals surface area contributed by atoms with Crippen LogP contribution in [0.3, 0.4) is 0 Å². The van der Waals surface area contributed by atoms with E-state index in [1.165, 1.54) is 4.31 Å². The van der Waals surface area contributed by atoms with Crippen LogP contribution in [0.15, 0.2) is 53.6 Å². The highest BCUT2D eigenvalue weighted by molar-refractivity contribution is 7.89. The van der Waals surface area contributed by atoms with Crippen molar-refractivity contribution in [3.8, 4) is 0 Å². The van der Waals surface area contributed by atoms with E-state index in [1.54, 1.807) is 24.3 Å². The molecule has 1 aliphatic rings. The highest BCUT2D eigenvalue weighted by atomic mass is 32.2. The molecular weight excluding hydrogens is 402 g/mol. The Kier molecular flexibility index (Phi) is 6.10. The van der Waals surface area contributed by atoms with Crippen LogP contribution in [0.1, 0.15) is 30.7 Å². The standard InChI is InChI=1S/C21H25N5O3S/c27-21(22-13-12-20-24-23-19-5-1-2-16-26(19)20)11-8-17-6-9-18(10-7-17)30(28,29)25-14-3-4-15-25/h1-2,5-7,9-10,16H,3-4,8,11-15H2,(H,22,27). The van der Waals surface area contributed by atoms with Crippen molar-refractivity contribution >= 4 is 21.6 Å². The van der Waals surface area contributed by atoms with Gasteiger partial charge in [-0.1, -0.05) is 18.2 Å². The number of rotatable bonds is 8. The van der Waals surface area contributed by atoms with E-state index in [1.807, 2.05) is 28.8 Å². The smallest absolute Gasteiger partial charge is 0.243 e. The average Bonchev–Trinajstić information content (AvgIpc) is 3.44. The number of aromatic nitrogens is 3. The molecule has 4 rings (SSSR count). The van der Waals surface area contributed by atoms with Crippen LogP contribution in [-0.4, -0.2) is 52.9 Å². The molecule has 1 saturated heterocycles. The zero-order chi connectivity index (χ0) is 21.0. The van der Waals surface area contributed by atoms with Gasteiger partial charge < -0.3 is 5.32 Å². The number of fused-ring (bicyclic) bond motifs is 1. The van der Waals surface area contributed by atoms with E-state index in [0.29, 0.717) is 43.8 Å². The SMILES string of the molecule is O=C(CCc1ccc(S(=O)(=O)N2CCCC2)cc1)NCCc1nnc2ccccn12. The van der Waals surface area contributed by atoms with Crippen molar-refractivity contribution in [3.05, 3.63) is 60.0 Å². The van der Waals surface area contributed by atoms with Gasteiger partial charge in [0, 0.05) is 38.7 Å². The lowest BCUT2D eigenvalue weighted by molar-refractivity contribution is -0.121. The Hall–Kier alpha value is -2.78. The summed E-state index contributed by atoms with van der Waals surface area (Å²) in [5.74, 6) is 0.762. The first-order valence-electron chi connectivity index (χ1n) is 10.2. The molecule has 3 aromatic rings. The summed E-state index contributed by atoms with van der Waals surface area (Å²) in [6, 6.07) is 12.6. The van der Waals surface area contributed by atoms with E-state index in [0.717, 1.165) is 29.9 Å². The van der Waals surface area contributed by atoms with Gasteiger partial charge in [-0.2, -0.15) is 4.31 Å². The van der Waals surface area contributed by atoms with Gasteiger partial charge in [0.2, 0.25) is 15.9 Å². The Labute approximate surface area is 176 Å². The molecule has 1 aromatic carbocycles. The maximum absolute atomic E-state index is 12.6. The van der Waals surface area contributed by atoms with Crippen molar-refractivity contribution in [1.82, 2.24) is 24.2 Å². The quantitative estimate of drug-likeness (QED) is 0.591. The number of amides is 1. The van der Waals surface area contributed by atoms with Gasteiger partial charge in [0.25, 0.3) is 0 Å². The van der Waals surface area contributed by atoms with Crippen LogP contribution in [0.5, 0.6) is 0 Å². The van der Waals surface area contributed by atoms with Gasteiger partial charge in [-0.15, -0.1) is 10.2 Å². The second-order valence-corrected chi connectivity index (χ2v) is 9.34. The zero-order valence-electron chi connectivity index (χ0n) is 16.7. The number of hydrogen-bond donors (Lipinski definition) is 1. The molecule has 30 heavy (non-hydrogen) atoms. The predicted molar refractivity (Wildman–Crippen MR) is 112 cm³/mol. The predicted octanol–water partition coefficient (Wildman–Crippen LogP) is 1.81. The Bertz CT molecular complexity index is 1120. The molecule has 1 aliphatic heterocycles. The largest absolute Gasteiger partial charge is 0.356 e. The third-order valence-electron chi connectivity index (χ3n) is 5.32. The molecule has 1 fully saturated rings. The van der Waals surface area contributed by atoms with Gasteiger partial charge in [-0.3, -0.25) is 9.20 Å². The fourth-order valence-electron chi connectivity index (χ4n) is 3.63. The third kappa shape index (κ3) is 4.52. The van der Waals surface area contributed by atoms with E-state index in [2.05, 4.69) is 15.5 Å². The molecule has 2 aromatic heterocycles. The van der Waals surface area contributed by atoms with E-state index in [9.17, 15) is 13.2 Å². The molecule has 158 valence electrons. The van der Waals surface area contributed by atoms with E-state index < -0.39 is 10.0 Å². The highest BCUT2D eigenvalue weighted by Gasteiger charge is 2.26. The summed E-state index contributed by atoms with van der Waals surface area (Å²) in [5, 5.41) is 11.2. The topological polar surface area (TPSA) is 96.7 Å². The number of nitrogens with zero attached hydrogens (tertiary/aromatic N) is 4. The maximum atomic E-state index is 12.6. The molecule has 1 N–H and O–H groups in total. The second-order valence-electron chi connectivity index (χ2n) is 7.40. The second kappa shape index (κ2) is 8.93. The highest BCUT2D eigenvalue weighted by Crippen LogP contribution is 2.21. The van der Waals surface area contributed by atoms with Crippen molar-refractivity contribution in [2.75, 3.05) is 19.6 Å². The van der Waals surface area contributed by atoms with Crippen molar-refractivity contribution < 1.29 is 13.2 Å². The summed E-state index contributed by atoms with van der Waals surface area (Å²) in [6.45, 7) is 1.67. The van der Waals surface area contributed by atoms with Crippen LogP contribution in [0.25, 0.3) is 5.65 Å². The number of carbonyl (C=O) groups excluding carboxylic acids is 1. The summed E-state index contributed by atoms with van der Waals surface area (Å²) in [4.78, 5) is 12.5. The molecule has 0 bridgehead atoms. The van der Waals surface area contributed by atoms with Gasteiger partial charge in [0.1, 0.15) is 5.82 Å². The molecule has 9 heteroatoms. The first-order chi connectivity index (χ1) is 14.5. The van der Waals surface area contributed by atoms with Gasteiger partial charge in [-0.25, -0.2) is 8.42 Å². The molecule has 1 amide bonds. The van der Waals surface area contributed by atoms with Gasteiger partial charge in [0.05, 0.1) is 4.90 Å². The van der Waals surface area contributed by atoms with Crippen molar-refractivity contribution in [2.45, 2.75) is 37.0 Å². The van der Waals surface area contributed by atoms with Gasteiger partial charge >= 0.3 is 0 Å². The van der Waals surface area contributed by atoms with E-state index in [-0.39, 0.29) is 5.91 Å². The van der Waals surface area contributed by atoms with Crippen LogP contribution in [0.2, 0.25) is 0 Å². The lowest BCUT2D eigenvalue weighted by Gasteiger charge is -2.15. The molecule has 0 unspecified atom stereocenters. The molecular formula is C21H25N5O3S. The number of benzene rings is 1. The minimum Gasteiger partial charge on any atom is -0.356 e. The summed E-state index contributed by atoms with van der Waals surface area (Å²) in [6.07, 6.45) is 5.24. The summed E-state index contributed by atoms with van der Waals surface area (Å²) in [7, 11) is -3.39. The number of nitrogens with one attached hydrogen (secondary N) is 1. The first kappa shape index (κ1) is 20.5. The minimum atomic E-state index is -3.39. The van der Waals surface area contributed by atoms with Crippen LogP contribution in [-0.2, 0) is 27.7 Å². The Morgan fingerprint density at radius 2 is 1.77 bits per heavy atom. The Morgan fingerprint density at radius 1 is 1.00 bits per heavy atom. The summed E-state index contributed by atoms with van der Waals surface area (Å²) >= 11 is 0. The van der Waals surface area contributed by atoms with Crippen LogP contribution in [0, 0.1) is 0 Å². The van der Waals surface area contributed by atoms with Gasteiger partial charge in [0.15, 0.2) is 5.65 Å². The summed E-state index contributed by atoms with van der Waals surface area (Å²) in [5.41, 5.74) is 1.72. The first-order valence-corrected chi connectivity index (χ1v) is 11.6. The van der Waals surface area contributed by atoms with Gasteiger partial charge in [-0.05, 0) is 49.1 Å². The lowest BCUT2D eigenvalue weighted by Crippen LogP contribution is -2.27. The molecule has 0 atom stereocenters. The molecule has 0 spiro atoms. The average molecular weight is 428 g/mol. The lowest BCUT2D eigenvalue weighted by atomic mass is 10.1. The normalized spacial score (nSPS) is 14.9. The fraction of sp³-hybridized carbons (Fsp3) is 0.381. The maximum Gasteiger partial charge on any atom is 0.243 e. The molecule has 8 nitrogen and oxygen atoms in total. The monoisotopic (exact) mass is 427 g/mol. The molecule has 3 heterocycles. The third-order valence-corrected chi connectivity index (χ3v) is 7.23. The van der Waals surface area contributed by atoms with Crippen LogP contribution < -0.4 is 5.32 Å². The molecule has 0 radical (unpaired) electrons. The van der Waals surface area contributed by atoms with Crippen molar-refractivity contribution in [2.24, 2.45) is 0 Å². The fourth-order valence-corrected chi connectivity index (χ4v) is 5.14. The number of aryl methyl sites for hydroxylation is 1. The molecule has 0 aliphatic carbocycles. The number of sulfonamides is 1. The van der Waals surface area contributed by atoms with Crippen molar-refractivity contribution in [3.63, 3.8) is 0 Å². The van der Waals surface area contributed by atoms with Crippen LogP contribution >= 0.6 is 0 Å². The Morgan fingerprint density at radius 3 is 2.53 bits per heavy atom. The van der Waals surface area contributed by atoms with E-state index >= 15 is 0 Å². The number of hydrogen-bond acceptors (Lipinski definition) is 5. The number of pyridine rings is 1. The van der Waals surface area contributed by atoms with E-state index in [4.69, 9.17) is 0 Å². The Balaban J connectivity index is 1.25. The summed E-state index contributed by atoms with van der Waals surface area (Å²) < 4.78 is 28.6. The minimum absolute atomic E-state index is 0.0439. The van der Waals surface area contributed by atoms with Crippen molar-refractivity contribution in [1.29, 1.82) is 0 Å². The van der Waals surface area contributed by atoms with Crippen LogP contribution in [0.4, 0.5) is 0 Å². The number of carbonyl (C=O) groups is 1. The zero-order valence-corrected chi connectivity index (χ0v) is 17.5.